The molecule has 0 unspecified atom stereocenters. The summed E-state index contributed by atoms with van der Waals surface area (Å²) in [6, 6.07) is 7.83. The van der Waals surface area contributed by atoms with Gasteiger partial charge in [-0.2, -0.15) is 0 Å². The van der Waals surface area contributed by atoms with Crippen LogP contribution >= 0.6 is 0 Å². The van der Waals surface area contributed by atoms with E-state index in [-0.39, 0.29) is 29.6 Å². The zero-order valence-electron chi connectivity index (χ0n) is 16.5. The summed E-state index contributed by atoms with van der Waals surface area (Å²) in [5, 5.41) is 13.6. The molecule has 0 aliphatic carbocycles. The van der Waals surface area contributed by atoms with E-state index in [2.05, 4.69) is 10.2 Å². The number of furan rings is 1. The van der Waals surface area contributed by atoms with Gasteiger partial charge in [0.1, 0.15) is 17.2 Å². The highest BCUT2D eigenvalue weighted by Gasteiger charge is 2.25. The average Bonchev–Trinajstić information content (AvgIpc) is 3.04. The van der Waals surface area contributed by atoms with Crippen LogP contribution in [0.3, 0.4) is 0 Å². The molecule has 1 aromatic carbocycles. The second-order valence-corrected chi connectivity index (χ2v) is 7.03. The molecule has 0 spiro atoms. The molecule has 1 aliphatic rings. The first-order chi connectivity index (χ1) is 13.8. The van der Waals surface area contributed by atoms with Crippen molar-refractivity contribution in [2.75, 3.05) is 38.0 Å². The topological polar surface area (TPSA) is 109 Å². The summed E-state index contributed by atoms with van der Waals surface area (Å²) in [4.78, 5) is 39.2. The Morgan fingerprint density at radius 2 is 1.86 bits per heavy atom. The Morgan fingerprint density at radius 3 is 2.48 bits per heavy atom. The zero-order chi connectivity index (χ0) is 21.0. The van der Waals surface area contributed by atoms with Crippen molar-refractivity contribution in [1.29, 1.82) is 0 Å². The van der Waals surface area contributed by atoms with Crippen molar-refractivity contribution in [3.8, 4) is 0 Å². The number of carbonyl (C=O) groups is 2. The number of anilines is 1. The number of nitro groups is 1. The zero-order valence-corrected chi connectivity index (χ0v) is 16.5. The van der Waals surface area contributed by atoms with Crippen LogP contribution in [0.25, 0.3) is 0 Å². The van der Waals surface area contributed by atoms with Crippen LogP contribution in [0, 0.1) is 24.0 Å². The van der Waals surface area contributed by atoms with Gasteiger partial charge < -0.3 is 14.6 Å². The third kappa shape index (κ3) is 5.00. The van der Waals surface area contributed by atoms with Gasteiger partial charge in [0.15, 0.2) is 0 Å². The average molecular weight is 400 g/mol. The Morgan fingerprint density at radius 1 is 1.17 bits per heavy atom. The maximum atomic E-state index is 12.6. The molecule has 2 aromatic rings. The van der Waals surface area contributed by atoms with E-state index in [0.29, 0.717) is 49.8 Å². The molecule has 9 heteroatoms. The fraction of sp³-hybridized carbons (Fsp3) is 0.400. The van der Waals surface area contributed by atoms with E-state index >= 15 is 0 Å². The van der Waals surface area contributed by atoms with E-state index < -0.39 is 4.92 Å². The molecule has 1 aliphatic heterocycles. The highest BCUT2D eigenvalue weighted by atomic mass is 16.6. The number of carbonyl (C=O) groups excluding carboxylic acids is 2. The van der Waals surface area contributed by atoms with E-state index in [1.807, 2.05) is 6.92 Å². The van der Waals surface area contributed by atoms with E-state index in [4.69, 9.17) is 4.42 Å². The highest BCUT2D eigenvalue weighted by molar-refractivity contribution is 5.95. The second-order valence-electron chi connectivity index (χ2n) is 7.03. The highest BCUT2D eigenvalue weighted by Crippen LogP contribution is 2.23. The minimum atomic E-state index is -0.519. The van der Waals surface area contributed by atoms with E-state index in [1.165, 1.54) is 12.1 Å². The van der Waals surface area contributed by atoms with Crippen molar-refractivity contribution < 1.29 is 18.9 Å². The number of benzene rings is 1. The van der Waals surface area contributed by atoms with Crippen LogP contribution in [0.2, 0.25) is 0 Å². The number of nitrogens with one attached hydrogen (secondary N) is 1. The first-order valence-corrected chi connectivity index (χ1v) is 9.47. The van der Waals surface area contributed by atoms with Gasteiger partial charge in [-0.1, -0.05) is 12.1 Å². The molecule has 2 amide bonds. The minimum Gasteiger partial charge on any atom is -0.466 e. The molecule has 1 saturated heterocycles. The second kappa shape index (κ2) is 8.87. The number of amides is 2. The molecule has 0 atom stereocenters. The predicted octanol–water partition coefficient (Wildman–Crippen LogP) is 2.59. The molecule has 154 valence electrons. The smallest absolute Gasteiger partial charge is 0.292 e. The van der Waals surface area contributed by atoms with Gasteiger partial charge in [0.2, 0.25) is 5.91 Å². The van der Waals surface area contributed by atoms with E-state index in [9.17, 15) is 19.7 Å². The fourth-order valence-corrected chi connectivity index (χ4v) is 3.40. The first-order valence-electron chi connectivity index (χ1n) is 9.47. The van der Waals surface area contributed by atoms with Crippen LogP contribution in [0.5, 0.6) is 0 Å². The van der Waals surface area contributed by atoms with Gasteiger partial charge in [-0.15, -0.1) is 0 Å². The largest absolute Gasteiger partial charge is 0.466 e. The number of nitro benzene ring substituents is 1. The molecule has 1 N–H and O–H groups in total. The summed E-state index contributed by atoms with van der Waals surface area (Å²) in [5.41, 5.74) is 0.668. The minimum absolute atomic E-state index is 0.0341. The maximum Gasteiger partial charge on any atom is 0.292 e. The number of nitrogens with zero attached hydrogens (tertiary/aromatic N) is 3. The Bertz CT molecular complexity index is 915. The summed E-state index contributed by atoms with van der Waals surface area (Å²) in [7, 11) is 0. The quantitative estimate of drug-likeness (QED) is 0.590. The molecule has 29 heavy (non-hydrogen) atoms. The third-order valence-corrected chi connectivity index (χ3v) is 4.96. The third-order valence-electron chi connectivity index (χ3n) is 4.96. The molecular formula is C20H24N4O5. The summed E-state index contributed by atoms with van der Waals surface area (Å²) >= 11 is 0. The Hall–Kier alpha value is -3.20. The maximum absolute atomic E-state index is 12.6. The Labute approximate surface area is 168 Å². The lowest BCUT2D eigenvalue weighted by Gasteiger charge is -2.34. The molecule has 9 nitrogen and oxygen atoms in total. The molecule has 1 aromatic heterocycles. The molecule has 1 fully saturated rings. The molecule has 0 bridgehead atoms. The Balaban J connectivity index is 1.46. The van der Waals surface area contributed by atoms with Crippen LogP contribution in [0.1, 0.15) is 28.3 Å². The SMILES string of the molecule is Cc1cc(C(=O)N2CCN(CCC(=O)Nc3ccccc3[N+](=O)[O-])CC2)c(C)o1. The van der Waals surface area contributed by atoms with Crippen LogP contribution in [-0.2, 0) is 4.79 Å². The summed E-state index contributed by atoms with van der Waals surface area (Å²) < 4.78 is 5.44. The van der Waals surface area contributed by atoms with Gasteiger partial charge >= 0.3 is 0 Å². The van der Waals surface area contributed by atoms with Crippen molar-refractivity contribution in [3.05, 3.63) is 57.5 Å². The number of para-hydroxylation sites is 2. The summed E-state index contributed by atoms with van der Waals surface area (Å²) in [6.07, 6.45) is 0.222. The number of hydrogen-bond acceptors (Lipinski definition) is 6. The van der Waals surface area contributed by atoms with Gasteiger partial charge in [-0.05, 0) is 26.0 Å². The predicted molar refractivity (Wildman–Crippen MR) is 107 cm³/mol. The lowest BCUT2D eigenvalue weighted by Crippen LogP contribution is -2.49. The lowest BCUT2D eigenvalue weighted by molar-refractivity contribution is -0.383. The Kier molecular flexibility index (Phi) is 6.28. The molecule has 2 heterocycles. The van der Waals surface area contributed by atoms with Crippen molar-refractivity contribution in [1.82, 2.24) is 9.80 Å². The fourth-order valence-electron chi connectivity index (χ4n) is 3.40. The van der Waals surface area contributed by atoms with E-state index in [0.717, 1.165) is 0 Å². The monoisotopic (exact) mass is 400 g/mol. The van der Waals surface area contributed by atoms with Gasteiger partial charge in [0.25, 0.3) is 11.6 Å². The van der Waals surface area contributed by atoms with Gasteiger partial charge in [-0.25, -0.2) is 0 Å². The summed E-state index contributed by atoms with van der Waals surface area (Å²) in [5.74, 6) is 1.03. The first kappa shape index (κ1) is 20.5. The van der Waals surface area contributed by atoms with Crippen molar-refractivity contribution in [2.24, 2.45) is 0 Å². The van der Waals surface area contributed by atoms with Crippen LogP contribution in [-0.4, -0.2) is 59.3 Å². The van der Waals surface area contributed by atoms with Crippen LogP contribution in [0.4, 0.5) is 11.4 Å². The lowest BCUT2D eigenvalue weighted by atomic mass is 10.2. The van der Waals surface area contributed by atoms with Gasteiger partial charge in [0, 0.05) is 45.2 Å². The standard InChI is InChI=1S/C20H24N4O5/c1-14-13-16(15(2)29-14)20(26)23-11-9-22(10-12-23)8-7-19(25)21-17-5-3-4-6-18(17)24(27)28/h3-6,13H,7-12H2,1-2H3,(H,21,25). The number of rotatable bonds is 6. The van der Waals surface area contributed by atoms with Gasteiger partial charge in [-0.3, -0.25) is 24.6 Å². The normalized spacial score (nSPS) is 14.6. The van der Waals surface area contributed by atoms with Crippen molar-refractivity contribution in [2.45, 2.75) is 20.3 Å². The van der Waals surface area contributed by atoms with Crippen molar-refractivity contribution in [3.63, 3.8) is 0 Å². The molecule has 0 radical (unpaired) electrons. The van der Waals surface area contributed by atoms with Gasteiger partial charge in [0.05, 0.1) is 10.5 Å². The van der Waals surface area contributed by atoms with Crippen LogP contribution < -0.4 is 5.32 Å². The molecular weight excluding hydrogens is 376 g/mol. The number of aryl methyl sites for hydroxylation is 2. The number of hydrogen-bond donors (Lipinski definition) is 1. The van der Waals surface area contributed by atoms with E-state index in [1.54, 1.807) is 30.0 Å². The number of piperazine rings is 1. The van der Waals surface area contributed by atoms with Crippen LogP contribution in [0.15, 0.2) is 34.7 Å². The summed E-state index contributed by atoms with van der Waals surface area (Å²) in [6.45, 7) is 6.62. The molecule has 3 rings (SSSR count). The van der Waals surface area contributed by atoms with Crippen molar-refractivity contribution >= 4 is 23.2 Å². The molecule has 0 saturated carbocycles.